The van der Waals surface area contributed by atoms with Gasteiger partial charge in [-0.15, -0.1) is 5.10 Å². The Balaban J connectivity index is 1.31. The van der Waals surface area contributed by atoms with E-state index >= 15 is 0 Å². The van der Waals surface area contributed by atoms with Crippen molar-refractivity contribution in [2.45, 2.75) is 12.8 Å². The molecule has 1 aromatic heterocycles. The van der Waals surface area contributed by atoms with Crippen LogP contribution in [0.1, 0.15) is 17.6 Å². The average molecular weight is 360 g/mol. The number of nitrogens with zero attached hydrogens (tertiary/aromatic N) is 7. The summed E-state index contributed by atoms with van der Waals surface area (Å²) < 4.78 is 1.37. The highest BCUT2D eigenvalue weighted by atomic mass is 16.2. The van der Waals surface area contributed by atoms with Crippen molar-refractivity contribution in [2.75, 3.05) is 71.8 Å². The van der Waals surface area contributed by atoms with Crippen LogP contribution < -0.4 is 5.32 Å². The minimum atomic E-state index is -0.173. The summed E-state index contributed by atoms with van der Waals surface area (Å²) in [4.78, 5) is 28.7. The fraction of sp³-hybridized carbons (Fsp3) is 0.765. The number of rotatable bonds is 5. The molecule has 142 valence electrons. The first-order chi connectivity index (χ1) is 12.6. The Kier molecular flexibility index (Phi) is 5.01. The molecule has 1 aromatic rings. The number of hydrogen-bond donors (Lipinski definition) is 1. The van der Waals surface area contributed by atoms with Crippen LogP contribution in [-0.4, -0.2) is 108 Å². The van der Waals surface area contributed by atoms with Crippen molar-refractivity contribution >= 4 is 23.5 Å². The van der Waals surface area contributed by atoms with E-state index < -0.39 is 0 Å². The number of carbonyl (C=O) groups is 1. The summed E-state index contributed by atoms with van der Waals surface area (Å²) in [6.45, 7) is 8.07. The van der Waals surface area contributed by atoms with Gasteiger partial charge in [0, 0.05) is 51.5 Å². The molecule has 0 bridgehead atoms. The van der Waals surface area contributed by atoms with E-state index in [1.807, 2.05) is 7.05 Å². The van der Waals surface area contributed by atoms with E-state index in [-0.39, 0.29) is 11.8 Å². The summed E-state index contributed by atoms with van der Waals surface area (Å²) >= 11 is 0. The van der Waals surface area contributed by atoms with Crippen LogP contribution in [0.2, 0.25) is 0 Å². The van der Waals surface area contributed by atoms with Crippen LogP contribution in [0.4, 0.5) is 11.9 Å². The molecule has 2 fully saturated rings. The molecule has 2 saturated heterocycles. The van der Waals surface area contributed by atoms with Crippen molar-refractivity contribution in [3.8, 4) is 0 Å². The summed E-state index contributed by atoms with van der Waals surface area (Å²) in [5, 5.41) is 7.59. The molecular formula is C17H28N8O. The molecule has 0 amide bonds. The molecule has 26 heavy (non-hydrogen) atoms. The molecule has 4 heterocycles. The predicted molar refractivity (Wildman–Crippen MR) is 100 cm³/mol. The van der Waals surface area contributed by atoms with E-state index in [1.165, 1.54) is 4.68 Å². The van der Waals surface area contributed by atoms with Gasteiger partial charge >= 0.3 is 0 Å². The molecule has 9 nitrogen and oxygen atoms in total. The van der Waals surface area contributed by atoms with Gasteiger partial charge in [-0.3, -0.25) is 4.79 Å². The number of fused-ring (bicyclic) bond motifs is 2. The summed E-state index contributed by atoms with van der Waals surface area (Å²) in [6.07, 6.45) is 1.86. The minimum absolute atomic E-state index is 0.00506. The van der Waals surface area contributed by atoms with Crippen LogP contribution in [0.5, 0.6) is 0 Å². The van der Waals surface area contributed by atoms with E-state index in [0.29, 0.717) is 18.4 Å². The fourth-order valence-electron chi connectivity index (χ4n) is 3.79. The smallest absolute Gasteiger partial charge is 0.260 e. The third kappa shape index (κ3) is 3.65. The number of carbonyl (C=O) groups excluding carboxylic acids is 1. The maximum absolute atomic E-state index is 12.7. The van der Waals surface area contributed by atoms with Crippen LogP contribution in [0.15, 0.2) is 4.99 Å². The minimum Gasteiger partial charge on any atom is -0.353 e. The highest BCUT2D eigenvalue weighted by Crippen LogP contribution is 2.26. The second-order valence-corrected chi connectivity index (χ2v) is 7.58. The predicted octanol–water partition coefficient (Wildman–Crippen LogP) is 0.00550. The third-order valence-corrected chi connectivity index (χ3v) is 5.52. The van der Waals surface area contributed by atoms with Gasteiger partial charge in [0.1, 0.15) is 0 Å². The van der Waals surface area contributed by atoms with Gasteiger partial charge in [-0.25, -0.2) is 4.99 Å². The van der Waals surface area contributed by atoms with Crippen LogP contribution in [-0.2, 0) is 0 Å². The number of nitrogens with one attached hydrogen (secondary N) is 1. The maximum Gasteiger partial charge on any atom is 0.260 e. The molecule has 3 aliphatic rings. The fourth-order valence-corrected chi connectivity index (χ4v) is 3.79. The van der Waals surface area contributed by atoms with E-state index in [0.717, 1.165) is 64.4 Å². The number of likely N-dealkylation sites (tertiary alicyclic amines) is 1. The summed E-state index contributed by atoms with van der Waals surface area (Å²) in [5.41, 5.74) is 0.953. The zero-order valence-electron chi connectivity index (χ0n) is 15.7. The Morgan fingerprint density at radius 1 is 1.12 bits per heavy atom. The monoisotopic (exact) mass is 360 g/mol. The number of piperazine rings is 1. The van der Waals surface area contributed by atoms with E-state index in [4.69, 9.17) is 0 Å². The van der Waals surface area contributed by atoms with Crippen molar-refractivity contribution in [1.82, 2.24) is 29.5 Å². The molecule has 0 aromatic carbocycles. The van der Waals surface area contributed by atoms with Gasteiger partial charge in [-0.05, 0) is 33.5 Å². The zero-order chi connectivity index (χ0) is 18.1. The topological polar surface area (TPSA) is 81.9 Å². The quantitative estimate of drug-likeness (QED) is 0.741. The summed E-state index contributed by atoms with van der Waals surface area (Å²) in [7, 11) is 4.21. The van der Waals surface area contributed by atoms with E-state index in [9.17, 15) is 4.79 Å². The SMILES string of the molecule is CN1CCN(CCCNc2nc3n(n2)C(=O)C2CN(C)CCC2=N3)CC1. The van der Waals surface area contributed by atoms with Crippen LogP contribution in [0.3, 0.4) is 0 Å². The Labute approximate surface area is 154 Å². The molecule has 0 aliphatic carbocycles. The van der Waals surface area contributed by atoms with E-state index in [1.54, 1.807) is 0 Å². The maximum atomic E-state index is 12.7. The van der Waals surface area contributed by atoms with Crippen molar-refractivity contribution in [2.24, 2.45) is 10.9 Å². The number of aliphatic imine (C=N–C) groups is 1. The lowest BCUT2D eigenvalue weighted by atomic mass is 9.94. The van der Waals surface area contributed by atoms with E-state index in [2.05, 4.69) is 42.1 Å². The number of piperidine rings is 1. The lowest BCUT2D eigenvalue weighted by molar-refractivity contribution is 0.0819. The Hall–Kier alpha value is -1.84. The molecule has 1 N–H and O–H groups in total. The lowest BCUT2D eigenvalue weighted by Gasteiger charge is -2.32. The van der Waals surface area contributed by atoms with Crippen LogP contribution in [0.25, 0.3) is 0 Å². The van der Waals surface area contributed by atoms with Gasteiger partial charge in [0.15, 0.2) is 0 Å². The first-order valence-electron chi connectivity index (χ1n) is 9.52. The molecule has 4 rings (SSSR count). The van der Waals surface area contributed by atoms with Gasteiger partial charge in [0.25, 0.3) is 11.9 Å². The second kappa shape index (κ2) is 7.42. The summed E-state index contributed by atoms with van der Waals surface area (Å²) in [5.74, 6) is 0.748. The van der Waals surface area contributed by atoms with Gasteiger partial charge in [0.05, 0.1) is 5.92 Å². The Bertz CT molecular complexity index is 691. The standard InChI is InChI=1S/C17H28N8O/c1-22-8-10-24(11-9-22)6-3-5-18-16-20-17-19-14-4-7-23(2)12-13(14)15(26)25(17)21-16/h13H,3-12H2,1-2H3,(H,18,21). The van der Waals surface area contributed by atoms with Crippen molar-refractivity contribution in [3.05, 3.63) is 0 Å². The summed E-state index contributed by atoms with van der Waals surface area (Å²) in [6, 6.07) is 0. The average Bonchev–Trinajstić information content (AvgIpc) is 3.04. The molecular weight excluding hydrogens is 332 g/mol. The molecule has 1 unspecified atom stereocenters. The van der Waals surface area contributed by atoms with Gasteiger partial charge in [0.2, 0.25) is 5.95 Å². The number of likely N-dealkylation sites (N-methyl/N-ethyl adjacent to an activating group) is 1. The van der Waals surface area contributed by atoms with Gasteiger partial charge in [-0.1, -0.05) is 0 Å². The highest BCUT2D eigenvalue weighted by Gasteiger charge is 2.36. The lowest BCUT2D eigenvalue weighted by Crippen LogP contribution is -2.45. The number of anilines is 1. The zero-order valence-corrected chi connectivity index (χ0v) is 15.7. The largest absolute Gasteiger partial charge is 0.353 e. The Morgan fingerprint density at radius 2 is 1.92 bits per heavy atom. The van der Waals surface area contributed by atoms with Crippen molar-refractivity contribution < 1.29 is 4.79 Å². The molecule has 0 radical (unpaired) electrons. The molecule has 1 atom stereocenters. The Morgan fingerprint density at radius 3 is 2.73 bits per heavy atom. The molecule has 9 heteroatoms. The van der Waals surface area contributed by atoms with Crippen LogP contribution >= 0.6 is 0 Å². The number of aromatic nitrogens is 3. The van der Waals surface area contributed by atoms with Gasteiger partial charge in [-0.2, -0.15) is 9.67 Å². The molecule has 0 saturated carbocycles. The van der Waals surface area contributed by atoms with Crippen molar-refractivity contribution in [3.63, 3.8) is 0 Å². The first kappa shape index (κ1) is 17.6. The van der Waals surface area contributed by atoms with Crippen molar-refractivity contribution in [1.29, 1.82) is 0 Å². The third-order valence-electron chi connectivity index (χ3n) is 5.52. The highest BCUT2D eigenvalue weighted by molar-refractivity contribution is 6.09. The molecule has 3 aliphatic heterocycles. The van der Waals surface area contributed by atoms with Crippen LogP contribution in [0, 0.1) is 5.92 Å². The normalized spacial score (nSPS) is 24.9. The number of hydrogen-bond acceptors (Lipinski definition) is 8. The van der Waals surface area contributed by atoms with Gasteiger partial charge < -0.3 is 20.0 Å². The second-order valence-electron chi connectivity index (χ2n) is 7.58. The molecule has 0 spiro atoms. The first-order valence-corrected chi connectivity index (χ1v) is 9.52.